The van der Waals surface area contributed by atoms with Gasteiger partial charge < -0.3 is 12.4 Å². The molecule has 0 amide bonds. The van der Waals surface area contributed by atoms with Gasteiger partial charge in [0.25, 0.3) is 0 Å². The van der Waals surface area contributed by atoms with E-state index >= 15 is 0 Å². The van der Waals surface area contributed by atoms with Crippen LogP contribution >= 0.6 is 0 Å². The summed E-state index contributed by atoms with van der Waals surface area (Å²) in [6.07, 6.45) is 0. The Morgan fingerprint density at radius 1 is 0.590 bits per heavy atom. The van der Waals surface area contributed by atoms with Crippen molar-refractivity contribution in [1.82, 2.24) is 13.6 Å². The first-order chi connectivity index (χ1) is 18.1. The maximum absolute atomic E-state index is 13.7. The average Bonchev–Trinajstić information content (AvgIpc) is 2.88. The summed E-state index contributed by atoms with van der Waals surface area (Å²) in [6, 6.07) is 24.2. The Kier molecular flexibility index (Phi) is 8.53. The second-order valence-corrected chi connectivity index (χ2v) is 13.4. The zero-order chi connectivity index (χ0) is 26.9. The van der Waals surface area contributed by atoms with Gasteiger partial charge in [-0.3, -0.25) is 4.98 Å². The molecule has 0 atom stereocenters. The van der Waals surface area contributed by atoms with E-state index in [1.807, 2.05) is 13.8 Å². The molecule has 0 spiro atoms. The van der Waals surface area contributed by atoms with Gasteiger partial charge in [-0.05, 0) is 56.3 Å². The molecule has 0 radical (unpaired) electrons. The lowest BCUT2D eigenvalue weighted by atomic mass is 10.2. The van der Waals surface area contributed by atoms with Crippen molar-refractivity contribution in [1.29, 1.82) is 0 Å². The van der Waals surface area contributed by atoms with E-state index in [0.717, 1.165) is 11.1 Å². The highest BCUT2D eigenvalue weighted by atomic mass is 35.5. The molecule has 3 heterocycles. The van der Waals surface area contributed by atoms with Crippen molar-refractivity contribution in [2.24, 2.45) is 0 Å². The largest absolute Gasteiger partial charge is 1.00 e. The first-order valence-electron chi connectivity index (χ1n) is 12.2. The van der Waals surface area contributed by atoms with Crippen LogP contribution in [-0.4, -0.2) is 30.4 Å². The van der Waals surface area contributed by atoms with Crippen molar-refractivity contribution >= 4 is 20.0 Å². The number of pyridine rings is 2. The van der Waals surface area contributed by atoms with E-state index in [-0.39, 0.29) is 48.4 Å². The molecule has 8 nitrogen and oxygen atoms in total. The number of benzene rings is 2. The summed E-state index contributed by atoms with van der Waals surface area (Å²) >= 11 is 0. The molecule has 39 heavy (non-hydrogen) atoms. The number of H-pyrrole nitrogens is 1. The minimum Gasteiger partial charge on any atom is -1.00 e. The fraction of sp³-hybridized carbons (Fsp3) is 0.214. The number of aromatic amines is 1. The van der Waals surface area contributed by atoms with Gasteiger partial charge in [-0.25, -0.2) is 21.8 Å². The topological polar surface area (TPSA) is 102 Å². The molecule has 204 valence electrons. The number of nitrogens with zero attached hydrogens (tertiary/aromatic N) is 3. The normalized spacial score (nSPS) is 15.0. The van der Waals surface area contributed by atoms with E-state index in [2.05, 4.69) is 9.97 Å². The standard InChI is InChI=1S/C28H28N4O4S2.ClH/c1-21-9-13-27(14-10-21)37(33,34)31-17-23-5-3-7-25(29-23)19-32(20-26-8-4-6-24(18-31)30-26)38(35,36)28-15-11-22(2)12-16-28;/h3-16H,17-20H2,1-2H3;1H. The molecule has 1 N–H and O–H groups in total. The molecule has 1 aliphatic rings. The van der Waals surface area contributed by atoms with E-state index in [0.29, 0.717) is 22.8 Å². The fourth-order valence-corrected chi connectivity index (χ4v) is 7.15. The van der Waals surface area contributed by atoms with Gasteiger partial charge in [-0.1, -0.05) is 41.5 Å². The third-order valence-corrected chi connectivity index (χ3v) is 10.1. The zero-order valence-corrected chi connectivity index (χ0v) is 24.0. The van der Waals surface area contributed by atoms with Crippen molar-refractivity contribution in [3.8, 4) is 0 Å². The van der Waals surface area contributed by atoms with E-state index in [9.17, 15) is 16.8 Å². The molecule has 2 aromatic heterocycles. The van der Waals surface area contributed by atoms with Gasteiger partial charge in [0.05, 0.1) is 47.4 Å². The maximum atomic E-state index is 13.7. The molecule has 0 saturated carbocycles. The van der Waals surface area contributed by atoms with Crippen LogP contribution in [-0.2, 0) is 46.2 Å². The van der Waals surface area contributed by atoms with E-state index in [1.54, 1.807) is 84.9 Å². The monoisotopic (exact) mass is 584 g/mol. The van der Waals surface area contributed by atoms with Crippen LogP contribution in [0.15, 0.2) is 94.7 Å². The number of fused-ring (bicyclic) bond motifs is 4. The Bertz CT molecular complexity index is 1510. The average molecular weight is 585 g/mol. The van der Waals surface area contributed by atoms with Crippen LogP contribution in [0.3, 0.4) is 0 Å². The zero-order valence-electron chi connectivity index (χ0n) is 21.6. The summed E-state index contributed by atoms with van der Waals surface area (Å²) in [4.78, 5) is 8.34. The first-order valence-corrected chi connectivity index (χ1v) is 15.1. The minimum absolute atomic E-state index is 0. The highest BCUT2D eigenvalue weighted by molar-refractivity contribution is 7.89. The highest BCUT2D eigenvalue weighted by Crippen LogP contribution is 2.24. The van der Waals surface area contributed by atoms with Gasteiger partial charge in [0.2, 0.25) is 20.0 Å². The molecular formula is C28H29ClN4O4S2. The van der Waals surface area contributed by atoms with Gasteiger partial charge in [0.1, 0.15) is 0 Å². The second-order valence-electron chi connectivity index (χ2n) is 9.49. The molecule has 0 aliphatic carbocycles. The predicted molar refractivity (Wildman–Crippen MR) is 142 cm³/mol. The Balaban J connectivity index is 0.00000353. The molecule has 2 aromatic carbocycles. The third-order valence-electron chi connectivity index (χ3n) is 6.47. The number of halogens is 1. The van der Waals surface area contributed by atoms with Crippen LogP contribution in [0.5, 0.6) is 0 Å². The van der Waals surface area contributed by atoms with Crippen LogP contribution in [0, 0.1) is 13.8 Å². The van der Waals surface area contributed by atoms with Crippen LogP contribution in [0.1, 0.15) is 33.9 Å². The predicted octanol–water partition coefficient (Wildman–Crippen LogP) is 0.612. The Hall–Kier alpha value is -3.15. The number of rotatable bonds is 4. The lowest BCUT2D eigenvalue weighted by molar-refractivity contribution is -0.405. The maximum Gasteiger partial charge on any atom is 0.243 e. The van der Waals surface area contributed by atoms with Crippen LogP contribution in [0.25, 0.3) is 0 Å². The molecule has 0 unspecified atom stereocenters. The molecule has 11 heteroatoms. The van der Waals surface area contributed by atoms with Crippen molar-refractivity contribution in [3.05, 3.63) is 119 Å². The van der Waals surface area contributed by atoms with E-state index in [4.69, 9.17) is 0 Å². The summed E-state index contributed by atoms with van der Waals surface area (Å²) in [5.41, 5.74) is 4.28. The van der Waals surface area contributed by atoms with E-state index in [1.165, 1.54) is 8.61 Å². The third kappa shape index (κ3) is 6.37. The summed E-state index contributed by atoms with van der Waals surface area (Å²) in [5.74, 6) is 0. The SMILES string of the molecule is Cc1ccc(S(=O)(=O)N2Cc3cccc(n3)CN(S(=O)(=O)c3ccc(C)cc3)Cc3cccc([nH+]3)C2)cc1.[Cl-]. The van der Waals surface area contributed by atoms with Crippen molar-refractivity contribution in [3.63, 3.8) is 0 Å². The number of nitrogens with one attached hydrogen (secondary N) is 1. The highest BCUT2D eigenvalue weighted by Gasteiger charge is 2.31. The lowest BCUT2D eigenvalue weighted by Crippen LogP contribution is -3.00. The van der Waals surface area contributed by atoms with Crippen LogP contribution in [0.2, 0.25) is 0 Å². The Labute approximate surface area is 235 Å². The fourth-order valence-electron chi connectivity index (χ4n) is 4.37. The lowest BCUT2D eigenvalue weighted by Gasteiger charge is -2.24. The minimum atomic E-state index is -3.84. The van der Waals surface area contributed by atoms with Gasteiger partial charge >= 0.3 is 0 Å². The van der Waals surface area contributed by atoms with Gasteiger partial charge in [-0.2, -0.15) is 8.61 Å². The van der Waals surface area contributed by atoms with Crippen LogP contribution in [0.4, 0.5) is 0 Å². The molecule has 5 rings (SSSR count). The molecule has 0 fully saturated rings. The summed E-state index contributed by atoms with van der Waals surface area (Å²) in [7, 11) is -7.67. The molecule has 4 bridgehead atoms. The number of aryl methyl sites for hydroxylation is 2. The summed E-state index contributed by atoms with van der Waals surface area (Å²) < 4.78 is 57.4. The van der Waals surface area contributed by atoms with Crippen molar-refractivity contribution in [2.75, 3.05) is 0 Å². The number of aromatic nitrogens is 2. The second kappa shape index (κ2) is 11.5. The van der Waals surface area contributed by atoms with Gasteiger partial charge in [0, 0.05) is 12.1 Å². The molecule has 0 saturated heterocycles. The number of hydrogen-bond donors (Lipinski definition) is 0. The molecular weight excluding hydrogens is 556 g/mol. The van der Waals surface area contributed by atoms with Crippen molar-refractivity contribution in [2.45, 2.75) is 49.8 Å². The summed E-state index contributed by atoms with van der Waals surface area (Å²) in [5, 5.41) is 0. The smallest absolute Gasteiger partial charge is 0.243 e. The Morgan fingerprint density at radius 3 is 1.38 bits per heavy atom. The molecule has 1 aliphatic heterocycles. The van der Waals surface area contributed by atoms with Gasteiger partial charge in [0.15, 0.2) is 11.4 Å². The molecule has 4 aromatic rings. The number of sulfonamides is 2. The first kappa shape index (κ1) is 28.8. The quantitative estimate of drug-likeness (QED) is 0.350. The Morgan fingerprint density at radius 2 is 0.974 bits per heavy atom. The van der Waals surface area contributed by atoms with Gasteiger partial charge in [-0.15, -0.1) is 0 Å². The van der Waals surface area contributed by atoms with Crippen LogP contribution < -0.4 is 17.4 Å². The number of hydrogen-bond acceptors (Lipinski definition) is 5. The van der Waals surface area contributed by atoms with Crippen molar-refractivity contribution < 1.29 is 34.2 Å². The summed E-state index contributed by atoms with van der Waals surface area (Å²) in [6.45, 7) is 4.02. The van der Waals surface area contributed by atoms with E-state index < -0.39 is 20.0 Å².